The molecule has 23 heavy (non-hydrogen) atoms. The highest BCUT2D eigenvalue weighted by Crippen LogP contribution is 2.22. The monoisotopic (exact) mass is 319 g/mol. The van der Waals surface area contributed by atoms with Crippen LogP contribution in [0.3, 0.4) is 0 Å². The minimum absolute atomic E-state index is 0.00865. The average Bonchev–Trinajstić information content (AvgIpc) is 3.07. The Morgan fingerprint density at radius 3 is 2.78 bits per heavy atom. The number of ether oxygens (including phenoxy) is 2. The first-order chi connectivity index (χ1) is 11.3. The summed E-state index contributed by atoms with van der Waals surface area (Å²) in [6.45, 7) is 4.67. The zero-order chi connectivity index (χ0) is 16.1. The minimum atomic E-state index is -0.389. The van der Waals surface area contributed by atoms with Crippen LogP contribution in [0.25, 0.3) is 0 Å². The van der Waals surface area contributed by atoms with E-state index < -0.39 is 0 Å². The number of nitrogens with one attached hydrogen (secondary N) is 1. The van der Waals surface area contributed by atoms with Crippen LogP contribution in [0.2, 0.25) is 0 Å². The van der Waals surface area contributed by atoms with Crippen molar-refractivity contribution >= 4 is 11.6 Å². The Kier molecular flexibility index (Phi) is 5.61. The third-order valence-electron chi connectivity index (χ3n) is 4.44. The van der Waals surface area contributed by atoms with Crippen molar-refractivity contribution in [3.05, 3.63) is 29.8 Å². The second kappa shape index (κ2) is 7.88. The van der Waals surface area contributed by atoms with Crippen LogP contribution in [-0.4, -0.2) is 55.9 Å². The lowest BCUT2D eigenvalue weighted by Crippen LogP contribution is -2.36. The minimum Gasteiger partial charge on any atom is -0.379 e. The molecule has 1 aromatic rings. The number of morpholine rings is 1. The molecule has 0 aromatic heterocycles. The van der Waals surface area contributed by atoms with E-state index in [9.17, 15) is 4.79 Å². The first-order valence-corrected chi connectivity index (χ1v) is 8.30. The zero-order valence-corrected chi connectivity index (χ0v) is 13.4. The van der Waals surface area contributed by atoms with E-state index in [0.29, 0.717) is 6.54 Å². The molecule has 6 nitrogen and oxygen atoms in total. The predicted molar refractivity (Wildman–Crippen MR) is 88.1 cm³/mol. The number of hydrogen-bond acceptors (Lipinski definition) is 5. The van der Waals surface area contributed by atoms with Crippen molar-refractivity contribution in [3.8, 4) is 0 Å². The van der Waals surface area contributed by atoms with Gasteiger partial charge < -0.3 is 20.5 Å². The molecule has 2 heterocycles. The molecule has 0 unspecified atom stereocenters. The summed E-state index contributed by atoms with van der Waals surface area (Å²) >= 11 is 0. The van der Waals surface area contributed by atoms with Gasteiger partial charge in [-0.05, 0) is 24.5 Å². The first kappa shape index (κ1) is 16.4. The molecule has 1 amide bonds. The number of benzene rings is 1. The van der Waals surface area contributed by atoms with Gasteiger partial charge in [-0.1, -0.05) is 18.2 Å². The quantitative estimate of drug-likeness (QED) is 0.845. The van der Waals surface area contributed by atoms with Crippen LogP contribution >= 0.6 is 0 Å². The van der Waals surface area contributed by atoms with Crippen LogP contribution in [0, 0.1) is 0 Å². The van der Waals surface area contributed by atoms with Crippen LogP contribution in [0.4, 0.5) is 5.69 Å². The van der Waals surface area contributed by atoms with Crippen LogP contribution < -0.4 is 11.1 Å². The van der Waals surface area contributed by atoms with E-state index in [0.717, 1.165) is 56.9 Å². The van der Waals surface area contributed by atoms with Crippen LogP contribution in [0.1, 0.15) is 18.4 Å². The fourth-order valence-electron chi connectivity index (χ4n) is 3.07. The Bertz CT molecular complexity index is 532. The summed E-state index contributed by atoms with van der Waals surface area (Å²) in [5, 5.41) is 3.02. The molecular weight excluding hydrogens is 294 g/mol. The van der Waals surface area contributed by atoms with Crippen molar-refractivity contribution in [2.45, 2.75) is 31.6 Å². The molecule has 2 saturated heterocycles. The van der Waals surface area contributed by atoms with Gasteiger partial charge in [0.2, 0.25) is 0 Å². The summed E-state index contributed by atoms with van der Waals surface area (Å²) in [5.74, 6) is -0.0737. The second-order valence-corrected chi connectivity index (χ2v) is 6.09. The highest BCUT2D eigenvalue weighted by Gasteiger charge is 2.30. The third kappa shape index (κ3) is 4.29. The standard InChI is InChI=1S/C17H25N3O3/c18-11-14-5-6-16(23-14)17(21)19-15-4-2-1-3-13(15)12-20-7-9-22-10-8-20/h1-4,14,16H,5-12,18H2,(H,19,21)/t14-,16+/m1/s1. The van der Waals surface area contributed by atoms with Gasteiger partial charge in [0.15, 0.2) is 0 Å². The normalized spacial score (nSPS) is 25.4. The molecule has 0 radical (unpaired) electrons. The van der Waals surface area contributed by atoms with Gasteiger partial charge in [0.25, 0.3) is 5.91 Å². The Balaban J connectivity index is 1.62. The fraction of sp³-hybridized carbons (Fsp3) is 0.588. The molecule has 3 N–H and O–H groups in total. The molecule has 0 saturated carbocycles. The topological polar surface area (TPSA) is 76.8 Å². The van der Waals surface area contributed by atoms with E-state index in [1.54, 1.807) is 0 Å². The lowest BCUT2D eigenvalue weighted by atomic mass is 10.1. The number of amides is 1. The predicted octanol–water partition coefficient (Wildman–Crippen LogP) is 0.964. The van der Waals surface area contributed by atoms with E-state index >= 15 is 0 Å². The van der Waals surface area contributed by atoms with Crippen molar-refractivity contribution in [2.24, 2.45) is 5.73 Å². The highest BCUT2D eigenvalue weighted by molar-refractivity contribution is 5.95. The van der Waals surface area contributed by atoms with Gasteiger partial charge in [0.1, 0.15) is 6.10 Å². The van der Waals surface area contributed by atoms with E-state index in [-0.39, 0.29) is 18.1 Å². The summed E-state index contributed by atoms with van der Waals surface area (Å²) in [5.41, 5.74) is 7.59. The summed E-state index contributed by atoms with van der Waals surface area (Å²) in [6.07, 6.45) is 1.21. The summed E-state index contributed by atoms with van der Waals surface area (Å²) in [7, 11) is 0. The van der Waals surface area contributed by atoms with Gasteiger partial charge in [-0.15, -0.1) is 0 Å². The van der Waals surface area contributed by atoms with Gasteiger partial charge in [-0.3, -0.25) is 9.69 Å². The highest BCUT2D eigenvalue weighted by atomic mass is 16.5. The maximum absolute atomic E-state index is 12.4. The van der Waals surface area contributed by atoms with Gasteiger partial charge in [-0.25, -0.2) is 0 Å². The van der Waals surface area contributed by atoms with Crippen molar-refractivity contribution < 1.29 is 14.3 Å². The molecule has 0 aliphatic carbocycles. The molecule has 2 aliphatic rings. The lowest BCUT2D eigenvalue weighted by Gasteiger charge is -2.27. The van der Waals surface area contributed by atoms with Crippen LogP contribution in [0.5, 0.6) is 0 Å². The number of carbonyl (C=O) groups is 1. The van der Waals surface area contributed by atoms with Crippen molar-refractivity contribution in [3.63, 3.8) is 0 Å². The molecule has 0 bridgehead atoms. The number of rotatable bonds is 5. The summed E-state index contributed by atoms with van der Waals surface area (Å²) in [4.78, 5) is 14.7. The molecule has 0 spiro atoms. The van der Waals surface area contributed by atoms with Crippen LogP contribution in [0.15, 0.2) is 24.3 Å². The molecule has 1 aromatic carbocycles. The van der Waals surface area contributed by atoms with Gasteiger partial charge >= 0.3 is 0 Å². The van der Waals surface area contributed by atoms with Gasteiger partial charge in [0, 0.05) is 31.9 Å². The molecule has 6 heteroatoms. The SMILES string of the molecule is NC[C@H]1CC[C@@H](C(=O)Nc2ccccc2CN2CCOCC2)O1. The van der Waals surface area contributed by atoms with Crippen molar-refractivity contribution in [1.82, 2.24) is 4.90 Å². The summed E-state index contributed by atoms with van der Waals surface area (Å²) in [6, 6.07) is 7.95. The molecule has 3 rings (SSSR count). The van der Waals surface area contributed by atoms with E-state index in [1.165, 1.54) is 0 Å². The second-order valence-electron chi connectivity index (χ2n) is 6.09. The number of nitrogens with two attached hydrogens (primary N) is 1. The Morgan fingerprint density at radius 2 is 2.04 bits per heavy atom. The number of carbonyl (C=O) groups excluding carboxylic acids is 1. The first-order valence-electron chi connectivity index (χ1n) is 8.30. The number of nitrogens with zero attached hydrogens (tertiary/aromatic N) is 1. The Morgan fingerprint density at radius 1 is 1.26 bits per heavy atom. The summed E-state index contributed by atoms with van der Waals surface area (Å²) < 4.78 is 11.1. The molecule has 126 valence electrons. The molecule has 2 aliphatic heterocycles. The van der Waals surface area contributed by atoms with Crippen molar-refractivity contribution in [2.75, 3.05) is 38.2 Å². The van der Waals surface area contributed by atoms with E-state index in [4.69, 9.17) is 15.2 Å². The van der Waals surface area contributed by atoms with E-state index in [1.807, 2.05) is 18.2 Å². The van der Waals surface area contributed by atoms with E-state index in [2.05, 4.69) is 16.3 Å². The number of anilines is 1. The largest absolute Gasteiger partial charge is 0.379 e. The zero-order valence-electron chi connectivity index (χ0n) is 13.4. The maximum atomic E-state index is 12.4. The van der Waals surface area contributed by atoms with Crippen LogP contribution in [-0.2, 0) is 20.8 Å². The van der Waals surface area contributed by atoms with Gasteiger partial charge in [0.05, 0.1) is 19.3 Å². The average molecular weight is 319 g/mol. The number of para-hydroxylation sites is 1. The molecule has 2 atom stereocenters. The third-order valence-corrected chi connectivity index (χ3v) is 4.44. The number of hydrogen-bond donors (Lipinski definition) is 2. The smallest absolute Gasteiger partial charge is 0.253 e. The lowest BCUT2D eigenvalue weighted by molar-refractivity contribution is -0.126. The Hall–Kier alpha value is -1.47. The molecular formula is C17H25N3O3. The maximum Gasteiger partial charge on any atom is 0.253 e. The fourth-order valence-corrected chi connectivity index (χ4v) is 3.07. The van der Waals surface area contributed by atoms with Crippen molar-refractivity contribution in [1.29, 1.82) is 0 Å². The van der Waals surface area contributed by atoms with Gasteiger partial charge in [-0.2, -0.15) is 0 Å². The molecule has 2 fully saturated rings. The Labute approximate surface area is 136 Å².